The quantitative estimate of drug-likeness (QED) is 0.841. The molecule has 0 radical (unpaired) electrons. The van der Waals surface area contributed by atoms with E-state index in [-0.39, 0.29) is 5.54 Å². The minimum atomic E-state index is 0.269. The molecule has 1 atom stereocenters. The Hall–Kier alpha value is -0.120. The van der Waals surface area contributed by atoms with Crippen molar-refractivity contribution in [3.05, 3.63) is 0 Å². The van der Waals surface area contributed by atoms with Crippen molar-refractivity contribution in [1.29, 1.82) is 0 Å². The van der Waals surface area contributed by atoms with Crippen molar-refractivity contribution in [2.75, 3.05) is 26.3 Å². The van der Waals surface area contributed by atoms with Crippen LogP contribution in [0.3, 0.4) is 0 Å². The molecule has 0 bridgehead atoms. The molecular formula is C15H30N2O. The lowest BCUT2D eigenvalue weighted by atomic mass is 9.81. The Morgan fingerprint density at radius 1 is 1.17 bits per heavy atom. The summed E-state index contributed by atoms with van der Waals surface area (Å²) in [6.07, 6.45) is 10.7. The van der Waals surface area contributed by atoms with Crippen molar-refractivity contribution in [1.82, 2.24) is 4.90 Å². The standard InChI is InChI=1S/C15H30N2O/c1-2-14-12-18-11-10-17(14)15(13-16)8-6-4-3-5-7-9-15/h14H,2-13,16H2,1H3. The number of morpholine rings is 1. The van der Waals surface area contributed by atoms with Gasteiger partial charge in [-0.15, -0.1) is 0 Å². The first-order valence-corrected chi connectivity index (χ1v) is 7.87. The first-order chi connectivity index (χ1) is 8.82. The topological polar surface area (TPSA) is 38.5 Å². The van der Waals surface area contributed by atoms with Crippen LogP contribution in [-0.2, 0) is 4.74 Å². The second-order valence-corrected chi connectivity index (χ2v) is 6.03. The van der Waals surface area contributed by atoms with Gasteiger partial charge in [-0.1, -0.05) is 39.0 Å². The van der Waals surface area contributed by atoms with Gasteiger partial charge in [0.1, 0.15) is 0 Å². The van der Waals surface area contributed by atoms with Crippen LogP contribution in [-0.4, -0.2) is 42.8 Å². The van der Waals surface area contributed by atoms with Gasteiger partial charge in [-0.05, 0) is 19.3 Å². The molecule has 1 saturated heterocycles. The van der Waals surface area contributed by atoms with Crippen molar-refractivity contribution < 1.29 is 4.74 Å². The van der Waals surface area contributed by atoms with Crippen LogP contribution in [0.15, 0.2) is 0 Å². The maximum atomic E-state index is 6.22. The van der Waals surface area contributed by atoms with Crippen LogP contribution in [0.4, 0.5) is 0 Å². The van der Waals surface area contributed by atoms with Gasteiger partial charge in [-0.3, -0.25) is 4.90 Å². The van der Waals surface area contributed by atoms with E-state index in [2.05, 4.69) is 11.8 Å². The SMILES string of the molecule is CCC1COCCN1C1(CN)CCCCCCC1. The van der Waals surface area contributed by atoms with Gasteiger partial charge < -0.3 is 10.5 Å². The molecule has 0 aromatic carbocycles. The molecule has 3 heteroatoms. The molecule has 2 rings (SSSR count). The van der Waals surface area contributed by atoms with Crippen molar-refractivity contribution in [2.45, 2.75) is 69.9 Å². The Morgan fingerprint density at radius 2 is 1.83 bits per heavy atom. The summed E-state index contributed by atoms with van der Waals surface area (Å²) in [5.74, 6) is 0. The Labute approximate surface area is 112 Å². The van der Waals surface area contributed by atoms with Crippen LogP contribution < -0.4 is 5.73 Å². The molecule has 0 amide bonds. The minimum absolute atomic E-state index is 0.269. The molecule has 3 nitrogen and oxygen atoms in total. The largest absolute Gasteiger partial charge is 0.378 e. The van der Waals surface area contributed by atoms with Crippen molar-refractivity contribution in [2.24, 2.45) is 5.73 Å². The number of nitrogens with two attached hydrogens (primary N) is 1. The average molecular weight is 254 g/mol. The van der Waals surface area contributed by atoms with E-state index in [1.54, 1.807) is 0 Å². The maximum Gasteiger partial charge on any atom is 0.0622 e. The number of hydrogen-bond acceptors (Lipinski definition) is 3. The van der Waals surface area contributed by atoms with Gasteiger partial charge >= 0.3 is 0 Å². The van der Waals surface area contributed by atoms with Gasteiger partial charge in [0.05, 0.1) is 13.2 Å². The molecule has 106 valence electrons. The summed E-state index contributed by atoms with van der Waals surface area (Å²) in [5.41, 5.74) is 6.49. The summed E-state index contributed by atoms with van der Waals surface area (Å²) in [7, 11) is 0. The number of nitrogens with zero attached hydrogens (tertiary/aromatic N) is 1. The molecule has 1 aliphatic heterocycles. The molecule has 2 aliphatic rings. The fraction of sp³-hybridized carbons (Fsp3) is 1.00. The number of hydrogen-bond donors (Lipinski definition) is 1. The molecule has 2 fully saturated rings. The molecule has 1 heterocycles. The summed E-state index contributed by atoms with van der Waals surface area (Å²) in [4.78, 5) is 2.71. The zero-order valence-electron chi connectivity index (χ0n) is 12.0. The van der Waals surface area contributed by atoms with Gasteiger partial charge in [0.15, 0.2) is 0 Å². The normalized spacial score (nSPS) is 30.7. The molecule has 0 aromatic heterocycles. The third-order valence-electron chi connectivity index (χ3n) is 4.97. The Kier molecular flexibility index (Phi) is 5.46. The van der Waals surface area contributed by atoms with E-state index in [1.807, 2.05) is 0 Å². The second kappa shape index (κ2) is 6.88. The maximum absolute atomic E-state index is 6.22. The van der Waals surface area contributed by atoms with E-state index in [9.17, 15) is 0 Å². The monoisotopic (exact) mass is 254 g/mol. The highest BCUT2D eigenvalue weighted by atomic mass is 16.5. The van der Waals surface area contributed by atoms with Crippen LogP contribution in [0.25, 0.3) is 0 Å². The minimum Gasteiger partial charge on any atom is -0.378 e. The summed E-state index contributed by atoms with van der Waals surface area (Å²) >= 11 is 0. The third kappa shape index (κ3) is 3.06. The predicted octanol–water partition coefficient (Wildman–Crippen LogP) is 2.54. The first kappa shape index (κ1) is 14.3. The lowest BCUT2D eigenvalue weighted by molar-refractivity contribution is -0.0720. The van der Waals surface area contributed by atoms with Gasteiger partial charge in [-0.25, -0.2) is 0 Å². The molecule has 2 N–H and O–H groups in total. The van der Waals surface area contributed by atoms with E-state index in [4.69, 9.17) is 10.5 Å². The van der Waals surface area contributed by atoms with Crippen LogP contribution >= 0.6 is 0 Å². The zero-order valence-corrected chi connectivity index (χ0v) is 12.0. The van der Waals surface area contributed by atoms with Gasteiger partial charge in [0.2, 0.25) is 0 Å². The molecule has 0 spiro atoms. The highest BCUT2D eigenvalue weighted by Gasteiger charge is 2.39. The van der Waals surface area contributed by atoms with Crippen LogP contribution in [0.2, 0.25) is 0 Å². The third-order valence-corrected chi connectivity index (χ3v) is 4.97. The smallest absolute Gasteiger partial charge is 0.0622 e. The van der Waals surface area contributed by atoms with E-state index in [1.165, 1.54) is 51.4 Å². The number of ether oxygens (including phenoxy) is 1. The second-order valence-electron chi connectivity index (χ2n) is 6.03. The van der Waals surface area contributed by atoms with Crippen molar-refractivity contribution in [3.8, 4) is 0 Å². The predicted molar refractivity (Wildman–Crippen MR) is 75.7 cm³/mol. The fourth-order valence-electron chi connectivity index (χ4n) is 3.79. The Morgan fingerprint density at radius 3 is 2.44 bits per heavy atom. The summed E-state index contributed by atoms with van der Waals surface area (Å²) in [5, 5.41) is 0. The zero-order chi connectivity index (χ0) is 12.8. The van der Waals surface area contributed by atoms with Crippen LogP contribution in [0.1, 0.15) is 58.3 Å². The van der Waals surface area contributed by atoms with Crippen molar-refractivity contribution >= 4 is 0 Å². The first-order valence-electron chi connectivity index (χ1n) is 7.87. The Balaban J connectivity index is 2.11. The molecule has 1 aliphatic carbocycles. The molecule has 1 unspecified atom stereocenters. The van der Waals surface area contributed by atoms with E-state index in [0.717, 1.165) is 26.3 Å². The lowest BCUT2D eigenvalue weighted by Crippen LogP contribution is -2.61. The van der Waals surface area contributed by atoms with E-state index in [0.29, 0.717) is 6.04 Å². The van der Waals surface area contributed by atoms with Gasteiger partial charge in [-0.2, -0.15) is 0 Å². The highest BCUT2D eigenvalue weighted by molar-refractivity contribution is 4.96. The summed E-state index contributed by atoms with van der Waals surface area (Å²) in [6.45, 7) is 5.97. The van der Waals surface area contributed by atoms with Gasteiger partial charge in [0.25, 0.3) is 0 Å². The van der Waals surface area contributed by atoms with E-state index < -0.39 is 0 Å². The number of rotatable bonds is 3. The van der Waals surface area contributed by atoms with E-state index >= 15 is 0 Å². The fourth-order valence-corrected chi connectivity index (χ4v) is 3.79. The van der Waals surface area contributed by atoms with Gasteiger partial charge in [0, 0.05) is 24.7 Å². The van der Waals surface area contributed by atoms with Crippen LogP contribution in [0.5, 0.6) is 0 Å². The lowest BCUT2D eigenvalue weighted by Gasteiger charge is -2.50. The summed E-state index contributed by atoms with van der Waals surface area (Å²) < 4.78 is 5.66. The van der Waals surface area contributed by atoms with Crippen LogP contribution in [0, 0.1) is 0 Å². The molecule has 18 heavy (non-hydrogen) atoms. The van der Waals surface area contributed by atoms with Crippen molar-refractivity contribution in [3.63, 3.8) is 0 Å². The summed E-state index contributed by atoms with van der Waals surface area (Å²) in [6, 6.07) is 0.585. The average Bonchev–Trinajstić information content (AvgIpc) is 2.39. The Bertz CT molecular complexity index is 237. The molecule has 0 aromatic rings. The highest BCUT2D eigenvalue weighted by Crippen LogP contribution is 2.34. The molecular weight excluding hydrogens is 224 g/mol. The molecule has 1 saturated carbocycles.